The van der Waals surface area contributed by atoms with Crippen molar-refractivity contribution >= 4 is 0 Å². The van der Waals surface area contributed by atoms with E-state index in [0.717, 1.165) is 0 Å². The standard InChI is InChI=1S/C17H20O6/c1-17(2,11-7-3-5-9(13(11)18)15(20)21)12-8-4-6-10(14(12)19)16(22)23/h3-8,15-16,18-23H,1-2H3. The molecule has 0 atom stereocenters. The summed E-state index contributed by atoms with van der Waals surface area (Å²) in [5.74, 6) is -0.580. The van der Waals surface area contributed by atoms with Crippen molar-refractivity contribution in [2.75, 3.05) is 0 Å². The first-order chi connectivity index (χ1) is 10.7. The van der Waals surface area contributed by atoms with E-state index in [2.05, 4.69) is 0 Å². The van der Waals surface area contributed by atoms with E-state index in [0.29, 0.717) is 11.1 Å². The molecule has 0 aliphatic heterocycles. The average molecular weight is 320 g/mol. The predicted molar refractivity (Wildman–Crippen MR) is 82.7 cm³/mol. The number of hydrogen-bond acceptors (Lipinski definition) is 6. The Morgan fingerprint density at radius 1 is 0.696 bits per heavy atom. The van der Waals surface area contributed by atoms with Gasteiger partial charge in [-0.05, 0) is 0 Å². The van der Waals surface area contributed by atoms with Gasteiger partial charge >= 0.3 is 0 Å². The van der Waals surface area contributed by atoms with Gasteiger partial charge < -0.3 is 30.6 Å². The molecule has 2 rings (SSSR count). The van der Waals surface area contributed by atoms with Gasteiger partial charge in [0.2, 0.25) is 0 Å². The highest BCUT2D eigenvalue weighted by Gasteiger charge is 2.31. The van der Waals surface area contributed by atoms with Gasteiger partial charge in [-0.2, -0.15) is 0 Å². The molecule has 0 aliphatic carbocycles. The van der Waals surface area contributed by atoms with Gasteiger partial charge in [0.15, 0.2) is 12.6 Å². The zero-order valence-electron chi connectivity index (χ0n) is 12.8. The first-order valence-electron chi connectivity index (χ1n) is 7.05. The van der Waals surface area contributed by atoms with Gasteiger partial charge in [-0.25, -0.2) is 0 Å². The minimum Gasteiger partial charge on any atom is -0.507 e. The third-order valence-electron chi connectivity index (χ3n) is 4.04. The quantitative estimate of drug-likeness (QED) is 0.474. The van der Waals surface area contributed by atoms with Crippen LogP contribution in [0.5, 0.6) is 11.5 Å². The highest BCUT2D eigenvalue weighted by molar-refractivity contribution is 5.54. The molecule has 0 radical (unpaired) electrons. The van der Waals surface area contributed by atoms with Crippen LogP contribution in [0.15, 0.2) is 36.4 Å². The lowest BCUT2D eigenvalue weighted by Gasteiger charge is -2.29. The first kappa shape index (κ1) is 17.2. The second-order valence-electron chi connectivity index (χ2n) is 5.86. The van der Waals surface area contributed by atoms with Crippen LogP contribution in [0.2, 0.25) is 0 Å². The van der Waals surface area contributed by atoms with E-state index in [1.54, 1.807) is 38.1 Å². The van der Waals surface area contributed by atoms with E-state index in [9.17, 15) is 30.6 Å². The van der Waals surface area contributed by atoms with Crippen molar-refractivity contribution in [2.24, 2.45) is 0 Å². The summed E-state index contributed by atoms with van der Waals surface area (Å²) >= 11 is 0. The predicted octanol–water partition coefficient (Wildman–Crippen LogP) is 1.39. The summed E-state index contributed by atoms with van der Waals surface area (Å²) in [5, 5.41) is 57.9. The van der Waals surface area contributed by atoms with Gasteiger partial charge in [0, 0.05) is 27.7 Å². The molecule has 0 spiro atoms. The van der Waals surface area contributed by atoms with Crippen LogP contribution < -0.4 is 0 Å². The largest absolute Gasteiger partial charge is 0.507 e. The van der Waals surface area contributed by atoms with E-state index < -0.39 is 18.0 Å². The minimum atomic E-state index is -1.83. The van der Waals surface area contributed by atoms with E-state index in [4.69, 9.17) is 0 Å². The Morgan fingerprint density at radius 3 is 1.35 bits per heavy atom. The van der Waals surface area contributed by atoms with Crippen LogP contribution in [0.4, 0.5) is 0 Å². The Kier molecular flexibility index (Phi) is 4.63. The highest BCUT2D eigenvalue weighted by Crippen LogP contribution is 2.44. The van der Waals surface area contributed by atoms with E-state index in [1.165, 1.54) is 12.1 Å². The number of rotatable bonds is 4. The van der Waals surface area contributed by atoms with Gasteiger partial charge in [0.1, 0.15) is 11.5 Å². The van der Waals surface area contributed by atoms with Gasteiger partial charge in [-0.3, -0.25) is 0 Å². The van der Waals surface area contributed by atoms with Crippen LogP contribution >= 0.6 is 0 Å². The second-order valence-corrected chi connectivity index (χ2v) is 5.86. The molecule has 0 aromatic heterocycles. The number of phenolic OH excluding ortho intramolecular Hbond substituents is 2. The van der Waals surface area contributed by atoms with Crippen molar-refractivity contribution in [1.29, 1.82) is 0 Å². The SMILES string of the molecule is CC(C)(c1cccc(C(O)O)c1O)c1cccc(C(O)O)c1O. The molecule has 0 aliphatic rings. The number of hydrogen-bond donors (Lipinski definition) is 6. The molecule has 0 heterocycles. The summed E-state index contributed by atoms with van der Waals surface area (Å²) in [6.45, 7) is 3.44. The zero-order chi connectivity index (χ0) is 17.4. The molecule has 0 saturated heterocycles. The molecule has 6 nitrogen and oxygen atoms in total. The van der Waals surface area contributed by atoms with Crippen LogP contribution in [0.1, 0.15) is 48.7 Å². The molecular weight excluding hydrogens is 300 g/mol. The summed E-state index contributed by atoms with van der Waals surface area (Å²) < 4.78 is 0. The Balaban J connectivity index is 2.64. The van der Waals surface area contributed by atoms with Crippen molar-refractivity contribution < 1.29 is 30.6 Å². The average Bonchev–Trinajstić information content (AvgIpc) is 2.46. The normalized spacial score (nSPS) is 12.2. The number of aliphatic hydroxyl groups is 4. The zero-order valence-corrected chi connectivity index (χ0v) is 12.8. The molecule has 6 heteroatoms. The Hall–Kier alpha value is -2.12. The van der Waals surface area contributed by atoms with E-state index in [1.807, 2.05) is 0 Å². The van der Waals surface area contributed by atoms with Crippen LogP contribution in [0, 0.1) is 0 Å². The molecule has 0 fully saturated rings. The number of phenols is 2. The van der Waals surface area contributed by atoms with Crippen LogP contribution in [-0.2, 0) is 5.41 Å². The van der Waals surface area contributed by atoms with Gasteiger partial charge in [0.25, 0.3) is 0 Å². The fourth-order valence-electron chi connectivity index (χ4n) is 2.69. The van der Waals surface area contributed by atoms with E-state index >= 15 is 0 Å². The van der Waals surface area contributed by atoms with E-state index in [-0.39, 0.29) is 22.6 Å². The highest BCUT2D eigenvalue weighted by atomic mass is 16.5. The second kappa shape index (κ2) is 6.17. The summed E-state index contributed by atoms with van der Waals surface area (Å²) in [7, 11) is 0. The summed E-state index contributed by atoms with van der Waals surface area (Å²) in [5.41, 5.74) is -0.294. The Morgan fingerprint density at radius 2 is 1.04 bits per heavy atom. The van der Waals surface area contributed by atoms with Gasteiger partial charge in [-0.1, -0.05) is 50.2 Å². The maximum Gasteiger partial charge on any atom is 0.182 e. The van der Waals surface area contributed by atoms with Crippen molar-refractivity contribution in [3.8, 4) is 11.5 Å². The van der Waals surface area contributed by atoms with Crippen LogP contribution in [0.3, 0.4) is 0 Å². The smallest absolute Gasteiger partial charge is 0.182 e. The number of aliphatic hydroxyl groups excluding tert-OH is 2. The van der Waals surface area contributed by atoms with Crippen molar-refractivity contribution in [1.82, 2.24) is 0 Å². The Labute approximate surface area is 133 Å². The maximum absolute atomic E-state index is 10.3. The minimum absolute atomic E-state index is 0.0478. The van der Waals surface area contributed by atoms with Crippen molar-refractivity contribution in [2.45, 2.75) is 31.8 Å². The Bertz CT molecular complexity index is 647. The molecule has 0 unspecified atom stereocenters. The molecule has 0 saturated carbocycles. The molecular formula is C17H20O6. The topological polar surface area (TPSA) is 121 Å². The molecule has 2 aromatic carbocycles. The lowest BCUT2D eigenvalue weighted by atomic mass is 9.76. The first-order valence-corrected chi connectivity index (χ1v) is 7.05. The summed E-state index contributed by atoms with van der Waals surface area (Å²) in [6.07, 6.45) is -3.66. The molecule has 0 bridgehead atoms. The van der Waals surface area contributed by atoms with Gasteiger partial charge in [-0.15, -0.1) is 0 Å². The number of benzene rings is 2. The molecule has 124 valence electrons. The molecule has 2 aromatic rings. The lowest BCUT2D eigenvalue weighted by molar-refractivity contribution is -0.0445. The van der Waals surface area contributed by atoms with Crippen LogP contribution in [-0.4, -0.2) is 30.6 Å². The number of aromatic hydroxyl groups is 2. The third kappa shape index (κ3) is 3.02. The fourth-order valence-corrected chi connectivity index (χ4v) is 2.69. The molecule has 23 heavy (non-hydrogen) atoms. The summed E-state index contributed by atoms with van der Waals surface area (Å²) in [6, 6.07) is 9.09. The fraction of sp³-hybridized carbons (Fsp3) is 0.294. The van der Waals surface area contributed by atoms with Crippen LogP contribution in [0.25, 0.3) is 0 Å². The lowest BCUT2D eigenvalue weighted by Crippen LogP contribution is -2.20. The van der Waals surface area contributed by atoms with Crippen molar-refractivity contribution in [3.05, 3.63) is 58.7 Å². The van der Waals surface area contributed by atoms with Crippen molar-refractivity contribution in [3.63, 3.8) is 0 Å². The molecule has 6 N–H and O–H groups in total. The number of para-hydroxylation sites is 2. The third-order valence-corrected chi connectivity index (χ3v) is 4.04. The monoisotopic (exact) mass is 320 g/mol. The molecule has 0 amide bonds. The summed E-state index contributed by atoms with van der Waals surface area (Å²) in [4.78, 5) is 0. The van der Waals surface area contributed by atoms with Gasteiger partial charge in [0.05, 0.1) is 0 Å². The maximum atomic E-state index is 10.3.